The third-order valence-electron chi connectivity index (χ3n) is 2.79. The highest BCUT2D eigenvalue weighted by Crippen LogP contribution is 2.28. The molecular weight excluding hydrogens is 308 g/mol. The van der Waals surface area contributed by atoms with Crippen molar-refractivity contribution < 1.29 is 17.6 Å². The third kappa shape index (κ3) is 2.54. The van der Waals surface area contributed by atoms with Gasteiger partial charge in [0.15, 0.2) is 11.6 Å². The van der Waals surface area contributed by atoms with Crippen LogP contribution in [0.3, 0.4) is 0 Å². The van der Waals surface area contributed by atoms with Crippen molar-refractivity contribution in [1.82, 2.24) is 9.97 Å². The number of halogens is 5. The fourth-order valence-electron chi connectivity index (χ4n) is 1.93. The van der Waals surface area contributed by atoms with E-state index in [2.05, 4.69) is 9.97 Å². The Labute approximate surface area is 121 Å². The Kier molecular flexibility index (Phi) is 3.25. The maximum Gasteiger partial charge on any atom is 0.161 e. The molecule has 21 heavy (non-hydrogen) atoms. The van der Waals surface area contributed by atoms with Gasteiger partial charge in [-0.1, -0.05) is 11.6 Å². The smallest absolute Gasteiger partial charge is 0.161 e. The van der Waals surface area contributed by atoms with Gasteiger partial charge in [0.2, 0.25) is 0 Å². The molecule has 0 saturated heterocycles. The minimum atomic E-state index is -0.938. The molecule has 0 amide bonds. The predicted octanol–water partition coefficient (Wildman–Crippen LogP) is 4.51. The first-order valence-electron chi connectivity index (χ1n) is 5.73. The zero-order valence-electron chi connectivity index (χ0n) is 10.2. The minimum absolute atomic E-state index is 0.0000231. The Morgan fingerprint density at radius 1 is 0.762 bits per heavy atom. The van der Waals surface area contributed by atoms with E-state index in [1.54, 1.807) is 0 Å². The summed E-state index contributed by atoms with van der Waals surface area (Å²) >= 11 is 5.86. The summed E-state index contributed by atoms with van der Waals surface area (Å²) in [4.78, 5) is 7.68. The second-order valence-corrected chi connectivity index (χ2v) is 4.64. The lowest BCUT2D eigenvalue weighted by molar-refractivity contribution is 0.584. The van der Waals surface area contributed by atoms with Gasteiger partial charge in [-0.05, 0) is 18.2 Å². The molecule has 0 aliphatic rings. The van der Waals surface area contributed by atoms with Crippen molar-refractivity contribution in [3.63, 3.8) is 0 Å². The van der Waals surface area contributed by atoms with Crippen LogP contribution in [0.1, 0.15) is 0 Å². The molecule has 0 fully saturated rings. The topological polar surface area (TPSA) is 25.8 Å². The van der Waals surface area contributed by atoms with E-state index < -0.39 is 23.3 Å². The van der Waals surface area contributed by atoms with Crippen LogP contribution in [0, 0.1) is 23.3 Å². The SMILES string of the molecule is Fc1cc(F)cc(-c2nc(Cl)c3cc(F)cc(F)c3n2)c1. The highest BCUT2D eigenvalue weighted by atomic mass is 35.5. The Morgan fingerprint density at radius 2 is 1.38 bits per heavy atom. The molecular formula is C14H5ClF4N2. The first kappa shape index (κ1) is 13.8. The lowest BCUT2D eigenvalue weighted by atomic mass is 10.1. The summed E-state index contributed by atoms with van der Waals surface area (Å²) in [7, 11) is 0. The van der Waals surface area contributed by atoms with E-state index in [4.69, 9.17) is 11.6 Å². The molecule has 0 unspecified atom stereocenters. The molecule has 0 saturated carbocycles. The van der Waals surface area contributed by atoms with Gasteiger partial charge in [0, 0.05) is 23.1 Å². The largest absolute Gasteiger partial charge is 0.225 e. The summed E-state index contributed by atoms with van der Waals surface area (Å²) in [6, 6.07) is 4.28. The van der Waals surface area contributed by atoms with Crippen molar-refractivity contribution in [3.05, 3.63) is 58.8 Å². The first-order chi connectivity index (χ1) is 9.94. The average molecular weight is 313 g/mol. The fraction of sp³-hybridized carbons (Fsp3) is 0. The van der Waals surface area contributed by atoms with E-state index in [9.17, 15) is 17.6 Å². The van der Waals surface area contributed by atoms with Gasteiger partial charge >= 0.3 is 0 Å². The van der Waals surface area contributed by atoms with E-state index in [0.29, 0.717) is 12.1 Å². The minimum Gasteiger partial charge on any atom is -0.225 e. The molecule has 0 bridgehead atoms. The molecule has 106 valence electrons. The number of rotatable bonds is 1. The molecule has 0 spiro atoms. The van der Waals surface area contributed by atoms with E-state index >= 15 is 0 Å². The van der Waals surface area contributed by atoms with Crippen LogP contribution in [0.15, 0.2) is 30.3 Å². The monoisotopic (exact) mass is 312 g/mol. The lowest BCUT2D eigenvalue weighted by Gasteiger charge is -2.06. The molecule has 3 aromatic rings. The summed E-state index contributed by atoms with van der Waals surface area (Å²) < 4.78 is 53.3. The van der Waals surface area contributed by atoms with E-state index in [1.807, 2.05) is 0 Å². The molecule has 0 aliphatic carbocycles. The zero-order chi connectivity index (χ0) is 15.1. The van der Waals surface area contributed by atoms with E-state index in [0.717, 1.165) is 18.2 Å². The quantitative estimate of drug-likeness (QED) is 0.488. The molecule has 2 nitrogen and oxygen atoms in total. The van der Waals surface area contributed by atoms with E-state index in [1.165, 1.54) is 0 Å². The van der Waals surface area contributed by atoms with Crippen LogP contribution >= 0.6 is 11.6 Å². The molecule has 1 heterocycles. The van der Waals surface area contributed by atoms with Crippen LogP contribution < -0.4 is 0 Å². The van der Waals surface area contributed by atoms with Gasteiger partial charge in [0.1, 0.15) is 28.1 Å². The lowest BCUT2D eigenvalue weighted by Crippen LogP contribution is -1.96. The average Bonchev–Trinajstić information content (AvgIpc) is 2.38. The number of benzene rings is 2. The van der Waals surface area contributed by atoms with Crippen molar-refractivity contribution in [2.75, 3.05) is 0 Å². The summed E-state index contributed by atoms with van der Waals surface area (Å²) in [5.41, 5.74) is -0.226. The Morgan fingerprint density at radius 3 is 2.05 bits per heavy atom. The van der Waals surface area contributed by atoms with Gasteiger partial charge in [-0.2, -0.15) is 0 Å². The normalized spacial score (nSPS) is 11.1. The molecule has 0 N–H and O–H groups in total. The van der Waals surface area contributed by atoms with Crippen LogP contribution in [0.5, 0.6) is 0 Å². The standard InChI is InChI=1S/C14H5ClF4N2/c15-13-10-4-9(18)5-11(19)12(10)20-14(21-13)6-1-7(16)3-8(17)2-6/h1-5H. The summed E-state index contributed by atoms with van der Waals surface area (Å²) in [5, 5.41) is -0.229. The van der Waals surface area contributed by atoms with Gasteiger partial charge in [-0.25, -0.2) is 27.5 Å². The third-order valence-corrected chi connectivity index (χ3v) is 3.08. The zero-order valence-corrected chi connectivity index (χ0v) is 10.9. The second kappa shape index (κ2) is 4.96. The van der Waals surface area contributed by atoms with Crippen molar-refractivity contribution in [2.24, 2.45) is 0 Å². The summed E-state index contributed by atoms with van der Waals surface area (Å²) in [6.07, 6.45) is 0. The maximum atomic E-state index is 13.7. The molecule has 0 aliphatic heterocycles. The Bertz CT molecular complexity index is 847. The molecule has 1 aromatic heterocycles. The second-order valence-electron chi connectivity index (χ2n) is 4.28. The molecule has 0 radical (unpaired) electrons. The molecule has 7 heteroatoms. The Balaban J connectivity index is 2.30. The van der Waals surface area contributed by atoms with Crippen LogP contribution in [-0.4, -0.2) is 9.97 Å². The summed E-state index contributed by atoms with van der Waals surface area (Å²) in [5.74, 6) is -3.58. The fourth-order valence-corrected chi connectivity index (χ4v) is 2.16. The number of aromatic nitrogens is 2. The number of hydrogen-bond acceptors (Lipinski definition) is 2. The highest BCUT2D eigenvalue weighted by molar-refractivity contribution is 6.34. The first-order valence-corrected chi connectivity index (χ1v) is 6.10. The van der Waals surface area contributed by atoms with Crippen LogP contribution in [0.25, 0.3) is 22.3 Å². The Hall–Kier alpha value is -2.21. The highest BCUT2D eigenvalue weighted by Gasteiger charge is 2.14. The maximum absolute atomic E-state index is 13.7. The number of hydrogen-bond donors (Lipinski definition) is 0. The van der Waals surface area contributed by atoms with Crippen LogP contribution in [0.2, 0.25) is 5.15 Å². The van der Waals surface area contributed by atoms with Gasteiger partial charge in [0.25, 0.3) is 0 Å². The van der Waals surface area contributed by atoms with E-state index in [-0.39, 0.29) is 27.4 Å². The van der Waals surface area contributed by atoms with Crippen molar-refractivity contribution in [1.29, 1.82) is 0 Å². The molecule has 2 aromatic carbocycles. The van der Waals surface area contributed by atoms with Crippen molar-refractivity contribution in [3.8, 4) is 11.4 Å². The number of fused-ring (bicyclic) bond motifs is 1. The van der Waals surface area contributed by atoms with Crippen molar-refractivity contribution >= 4 is 22.5 Å². The van der Waals surface area contributed by atoms with Crippen LogP contribution in [-0.2, 0) is 0 Å². The van der Waals surface area contributed by atoms with Crippen LogP contribution in [0.4, 0.5) is 17.6 Å². The van der Waals surface area contributed by atoms with Gasteiger partial charge in [-0.15, -0.1) is 0 Å². The molecule has 3 rings (SSSR count). The van der Waals surface area contributed by atoms with Gasteiger partial charge in [0.05, 0.1) is 0 Å². The van der Waals surface area contributed by atoms with Gasteiger partial charge < -0.3 is 0 Å². The summed E-state index contributed by atoms with van der Waals surface area (Å²) in [6.45, 7) is 0. The van der Waals surface area contributed by atoms with Crippen molar-refractivity contribution in [2.45, 2.75) is 0 Å². The predicted molar refractivity (Wildman–Crippen MR) is 69.8 cm³/mol. The molecule has 0 atom stereocenters. The number of nitrogens with zero attached hydrogens (tertiary/aromatic N) is 2. The van der Waals surface area contributed by atoms with Gasteiger partial charge in [-0.3, -0.25) is 0 Å².